The maximum atomic E-state index is 14.5. The third-order valence-corrected chi connectivity index (χ3v) is 4.52. The minimum Gasteiger partial charge on any atom is -0.480 e. The lowest BCUT2D eigenvalue weighted by molar-refractivity contribution is -0.138. The standard InChI is InChI=1S/C16H16F2N2O4/c17-10-6-8(20-5-1-2-12(20)16(23)24)7-11(18)14(10)9-3-4-13(21)19-15(9)22/h6-7,9,12H,1-5H2,(H,23,24)(H,19,21,22)/t9-,12+/m1/s1. The first kappa shape index (κ1) is 16.4. The highest BCUT2D eigenvalue weighted by atomic mass is 19.1. The van der Waals surface area contributed by atoms with Crippen LogP contribution in [0.4, 0.5) is 14.5 Å². The molecule has 8 heteroatoms. The average molecular weight is 338 g/mol. The molecule has 2 atom stereocenters. The number of piperidine rings is 1. The third kappa shape index (κ3) is 2.83. The quantitative estimate of drug-likeness (QED) is 0.817. The molecule has 2 aliphatic rings. The summed E-state index contributed by atoms with van der Waals surface area (Å²) >= 11 is 0. The van der Waals surface area contributed by atoms with Crippen LogP contribution >= 0.6 is 0 Å². The summed E-state index contributed by atoms with van der Waals surface area (Å²) < 4.78 is 28.9. The number of carbonyl (C=O) groups excluding carboxylic acids is 2. The Balaban J connectivity index is 1.93. The Hall–Kier alpha value is -2.51. The largest absolute Gasteiger partial charge is 0.480 e. The lowest BCUT2D eigenvalue weighted by Crippen LogP contribution is -2.40. The van der Waals surface area contributed by atoms with E-state index in [1.807, 2.05) is 0 Å². The maximum absolute atomic E-state index is 14.5. The average Bonchev–Trinajstić information content (AvgIpc) is 2.98. The van der Waals surface area contributed by atoms with E-state index in [4.69, 9.17) is 0 Å². The number of nitrogens with zero attached hydrogens (tertiary/aromatic N) is 1. The Bertz CT molecular complexity index is 699. The zero-order valence-electron chi connectivity index (χ0n) is 12.7. The van der Waals surface area contributed by atoms with Crippen LogP contribution in [0.2, 0.25) is 0 Å². The van der Waals surface area contributed by atoms with E-state index in [0.29, 0.717) is 19.4 Å². The van der Waals surface area contributed by atoms with E-state index in [9.17, 15) is 28.3 Å². The van der Waals surface area contributed by atoms with Crippen molar-refractivity contribution >= 4 is 23.5 Å². The van der Waals surface area contributed by atoms with E-state index in [1.165, 1.54) is 4.90 Å². The van der Waals surface area contributed by atoms with E-state index in [1.54, 1.807) is 0 Å². The predicted octanol–water partition coefficient (Wildman–Crippen LogP) is 1.54. The van der Waals surface area contributed by atoms with Gasteiger partial charge in [-0.25, -0.2) is 13.6 Å². The van der Waals surface area contributed by atoms with Crippen LogP contribution in [-0.2, 0) is 14.4 Å². The third-order valence-electron chi connectivity index (χ3n) is 4.52. The van der Waals surface area contributed by atoms with Crippen molar-refractivity contribution in [2.24, 2.45) is 0 Å². The fourth-order valence-corrected chi connectivity index (χ4v) is 3.37. The van der Waals surface area contributed by atoms with Gasteiger partial charge < -0.3 is 10.0 Å². The summed E-state index contributed by atoms with van der Waals surface area (Å²) in [6.45, 7) is 0.396. The molecular formula is C16H16F2N2O4. The van der Waals surface area contributed by atoms with Crippen molar-refractivity contribution in [2.75, 3.05) is 11.4 Å². The minimum atomic E-state index is -1.06. The molecule has 0 unspecified atom stereocenters. The molecule has 2 aliphatic heterocycles. The molecule has 3 rings (SSSR count). The number of nitrogens with one attached hydrogen (secondary N) is 1. The van der Waals surface area contributed by atoms with Gasteiger partial charge in [0, 0.05) is 24.2 Å². The summed E-state index contributed by atoms with van der Waals surface area (Å²) in [6, 6.07) is 1.30. The van der Waals surface area contributed by atoms with Crippen molar-refractivity contribution in [1.82, 2.24) is 5.32 Å². The molecule has 0 radical (unpaired) electrons. The summed E-state index contributed by atoms with van der Waals surface area (Å²) in [5.74, 6) is -5.10. The lowest BCUT2D eigenvalue weighted by atomic mass is 9.89. The number of halogens is 2. The van der Waals surface area contributed by atoms with E-state index < -0.39 is 41.4 Å². The smallest absolute Gasteiger partial charge is 0.326 e. The van der Waals surface area contributed by atoms with E-state index in [2.05, 4.69) is 5.32 Å². The highest BCUT2D eigenvalue weighted by molar-refractivity contribution is 6.01. The monoisotopic (exact) mass is 338 g/mol. The van der Waals surface area contributed by atoms with Crippen molar-refractivity contribution < 1.29 is 28.3 Å². The summed E-state index contributed by atoms with van der Waals surface area (Å²) in [5, 5.41) is 11.3. The molecule has 1 aromatic rings. The minimum absolute atomic E-state index is 0.0181. The van der Waals surface area contributed by atoms with Gasteiger partial charge in [-0.05, 0) is 31.4 Å². The normalized spacial score (nSPS) is 24.2. The van der Waals surface area contributed by atoms with E-state index in [0.717, 1.165) is 12.1 Å². The molecule has 0 aliphatic carbocycles. The Labute approximate surface area is 136 Å². The first-order valence-electron chi connectivity index (χ1n) is 7.70. The van der Waals surface area contributed by atoms with Crippen molar-refractivity contribution in [3.8, 4) is 0 Å². The van der Waals surface area contributed by atoms with Crippen molar-refractivity contribution in [3.63, 3.8) is 0 Å². The van der Waals surface area contributed by atoms with Crippen LogP contribution in [0.1, 0.15) is 37.2 Å². The number of carboxylic acids is 1. The number of carboxylic acid groups (broad SMARTS) is 1. The van der Waals surface area contributed by atoms with Crippen LogP contribution in [0.3, 0.4) is 0 Å². The molecule has 2 amide bonds. The molecule has 0 saturated carbocycles. The van der Waals surface area contributed by atoms with Gasteiger partial charge in [0.1, 0.15) is 17.7 Å². The first-order valence-corrected chi connectivity index (χ1v) is 7.70. The molecule has 2 heterocycles. The number of benzene rings is 1. The topological polar surface area (TPSA) is 86.7 Å². The Morgan fingerprint density at radius 1 is 1.21 bits per heavy atom. The lowest BCUT2D eigenvalue weighted by Gasteiger charge is -2.26. The van der Waals surface area contributed by atoms with Gasteiger partial charge in [-0.15, -0.1) is 0 Å². The second kappa shape index (κ2) is 6.18. The van der Waals surface area contributed by atoms with Crippen LogP contribution < -0.4 is 10.2 Å². The van der Waals surface area contributed by atoms with E-state index in [-0.39, 0.29) is 24.1 Å². The fourth-order valence-electron chi connectivity index (χ4n) is 3.37. The summed E-state index contributed by atoms with van der Waals surface area (Å²) in [4.78, 5) is 35.7. The van der Waals surface area contributed by atoms with Gasteiger partial charge in [0.25, 0.3) is 0 Å². The molecule has 6 nitrogen and oxygen atoms in total. The highest BCUT2D eigenvalue weighted by Gasteiger charge is 2.35. The molecule has 2 N–H and O–H groups in total. The van der Waals surface area contributed by atoms with Crippen LogP contribution in [0.25, 0.3) is 0 Å². The van der Waals surface area contributed by atoms with Crippen LogP contribution in [0, 0.1) is 11.6 Å². The fraction of sp³-hybridized carbons (Fsp3) is 0.438. The Kier molecular flexibility index (Phi) is 4.21. The van der Waals surface area contributed by atoms with Crippen LogP contribution in [0.15, 0.2) is 12.1 Å². The van der Waals surface area contributed by atoms with E-state index >= 15 is 0 Å². The van der Waals surface area contributed by atoms with Gasteiger partial charge in [0.2, 0.25) is 11.8 Å². The van der Waals surface area contributed by atoms with Gasteiger partial charge in [-0.3, -0.25) is 14.9 Å². The highest BCUT2D eigenvalue weighted by Crippen LogP contribution is 2.34. The number of imide groups is 1. The molecule has 0 aromatic heterocycles. The number of anilines is 1. The van der Waals surface area contributed by atoms with Gasteiger partial charge >= 0.3 is 5.97 Å². The van der Waals surface area contributed by atoms with Crippen molar-refractivity contribution in [2.45, 2.75) is 37.6 Å². The molecule has 128 valence electrons. The number of aliphatic carboxylic acids is 1. The second-order valence-electron chi connectivity index (χ2n) is 6.02. The molecule has 2 fully saturated rings. The zero-order valence-corrected chi connectivity index (χ0v) is 12.7. The van der Waals surface area contributed by atoms with Crippen LogP contribution in [0.5, 0.6) is 0 Å². The first-order chi connectivity index (χ1) is 11.4. The number of carbonyl (C=O) groups is 3. The SMILES string of the molecule is O=C1CC[C@H](c2c(F)cc(N3CCC[C@H]3C(=O)O)cc2F)C(=O)N1. The number of amides is 2. The zero-order chi connectivity index (χ0) is 17.4. The summed E-state index contributed by atoms with van der Waals surface area (Å²) in [7, 11) is 0. The predicted molar refractivity (Wildman–Crippen MR) is 79.5 cm³/mol. The molecule has 0 bridgehead atoms. The van der Waals surface area contributed by atoms with Crippen molar-refractivity contribution in [1.29, 1.82) is 0 Å². The molecular weight excluding hydrogens is 322 g/mol. The Morgan fingerprint density at radius 2 is 1.88 bits per heavy atom. The second-order valence-corrected chi connectivity index (χ2v) is 6.02. The molecule has 24 heavy (non-hydrogen) atoms. The summed E-state index contributed by atoms with van der Waals surface area (Å²) in [5.41, 5.74) is -0.235. The number of hydrogen-bond donors (Lipinski definition) is 2. The van der Waals surface area contributed by atoms with Crippen molar-refractivity contribution in [3.05, 3.63) is 29.3 Å². The van der Waals surface area contributed by atoms with Gasteiger partial charge in [-0.1, -0.05) is 0 Å². The molecule has 0 spiro atoms. The van der Waals surface area contributed by atoms with Gasteiger partial charge in [0.05, 0.1) is 5.92 Å². The number of rotatable bonds is 3. The van der Waals surface area contributed by atoms with Gasteiger partial charge in [0.15, 0.2) is 0 Å². The summed E-state index contributed by atoms with van der Waals surface area (Å²) in [6.07, 6.45) is 1.09. The molecule has 1 aromatic carbocycles. The Morgan fingerprint density at radius 3 is 2.46 bits per heavy atom. The van der Waals surface area contributed by atoms with Gasteiger partial charge in [-0.2, -0.15) is 0 Å². The maximum Gasteiger partial charge on any atom is 0.326 e. The molecule has 2 saturated heterocycles. The number of hydrogen-bond acceptors (Lipinski definition) is 4. The van der Waals surface area contributed by atoms with Crippen LogP contribution in [-0.4, -0.2) is 35.5 Å².